The number of unbranched alkanes of at least 4 members (excludes halogenated alkanes) is 20. The fourth-order valence-electron chi connectivity index (χ4n) is 5.96. The van der Waals surface area contributed by atoms with Crippen LogP contribution in [0.2, 0.25) is 0 Å². The quantitative estimate of drug-likeness (QED) is 0.0248. The van der Waals surface area contributed by atoms with E-state index in [1.165, 1.54) is 116 Å². The van der Waals surface area contributed by atoms with Crippen molar-refractivity contribution in [3.8, 4) is 0 Å². The molecule has 8 nitrogen and oxygen atoms in total. The summed E-state index contributed by atoms with van der Waals surface area (Å²) in [5.74, 6) is -0.229. The molecule has 0 aromatic carbocycles. The van der Waals surface area contributed by atoms with Gasteiger partial charge in [-0.2, -0.15) is 0 Å². The molecule has 3 N–H and O–H groups in total. The highest BCUT2D eigenvalue weighted by atomic mass is 31.2. The summed E-state index contributed by atoms with van der Waals surface area (Å²) in [4.78, 5) is 23.0. The summed E-state index contributed by atoms with van der Waals surface area (Å²) in [6, 6.07) is -0.882. The fraction of sp³-hybridized carbons (Fsp3) is 0.800. The number of hydrogen-bond acceptors (Lipinski definition) is 5. The predicted molar refractivity (Wildman–Crippen MR) is 231 cm³/mol. The molecule has 9 heteroatoms. The van der Waals surface area contributed by atoms with Crippen molar-refractivity contribution >= 4 is 13.7 Å². The molecule has 0 aromatic rings. The second kappa shape index (κ2) is 37.1. The Kier molecular flexibility index (Phi) is 36.0. The Morgan fingerprint density at radius 3 is 1.50 bits per heavy atom. The first-order chi connectivity index (χ1) is 26.0. The standard InChI is InChI=1S/C45H85N2O6P/c1-6-8-10-12-14-16-17-18-19-20-21-22-23-24-25-26-27-28-29-31-32-34-36-38-44(48)43(42-53-54(50,51)52-41-40-47(3,4)5)46-45(49)39-37-35-33-30-15-13-11-9-7-2/h25-26,29-31,33,36,38,43-44,48H,6-24,27-28,32,34-35,37,39-42H2,1-5H3,(H-,46,49,50,51)/p+1/b26-25+,31-29+,33-30-,38-36+. The minimum atomic E-state index is -4.35. The maximum Gasteiger partial charge on any atom is 0.472 e. The number of aliphatic hydroxyl groups excluding tert-OH is 1. The van der Waals surface area contributed by atoms with Crippen molar-refractivity contribution in [3.63, 3.8) is 0 Å². The molecule has 54 heavy (non-hydrogen) atoms. The number of nitrogens with zero attached hydrogens (tertiary/aromatic N) is 1. The summed E-state index contributed by atoms with van der Waals surface area (Å²) in [5, 5.41) is 13.7. The third-order valence-electron chi connectivity index (χ3n) is 9.50. The van der Waals surface area contributed by atoms with Crippen LogP contribution in [-0.2, 0) is 18.4 Å². The number of rotatable bonds is 39. The molecule has 3 atom stereocenters. The van der Waals surface area contributed by atoms with Gasteiger partial charge in [-0.15, -0.1) is 0 Å². The van der Waals surface area contributed by atoms with Gasteiger partial charge in [0.25, 0.3) is 0 Å². The first-order valence-electron chi connectivity index (χ1n) is 22.0. The van der Waals surface area contributed by atoms with Crippen LogP contribution in [0.15, 0.2) is 48.6 Å². The summed E-state index contributed by atoms with van der Waals surface area (Å²) in [7, 11) is 1.52. The van der Waals surface area contributed by atoms with Crippen molar-refractivity contribution in [1.29, 1.82) is 0 Å². The molecule has 0 heterocycles. The number of quaternary nitrogens is 1. The molecule has 0 aliphatic carbocycles. The summed E-state index contributed by atoms with van der Waals surface area (Å²) < 4.78 is 23.4. The predicted octanol–water partition coefficient (Wildman–Crippen LogP) is 12.1. The van der Waals surface area contributed by atoms with Gasteiger partial charge in [-0.05, 0) is 64.2 Å². The Balaban J connectivity index is 4.41. The molecule has 0 rings (SSSR count). The van der Waals surface area contributed by atoms with Gasteiger partial charge in [-0.3, -0.25) is 13.8 Å². The van der Waals surface area contributed by atoms with Crippen LogP contribution in [0.3, 0.4) is 0 Å². The zero-order valence-corrected chi connectivity index (χ0v) is 36.6. The van der Waals surface area contributed by atoms with Crippen LogP contribution in [-0.4, -0.2) is 73.4 Å². The Labute approximate surface area is 333 Å². The van der Waals surface area contributed by atoms with Crippen LogP contribution in [0.4, 0.5) is 0 Å². The number of nitrogens with one attached hydrogen (secondary N) is 1. The second-order valence-electron chi connectivity index (χ2n) is 16.0. The molecule has 0 spiro atoms. The van der Waals surface area contributed by atoms with Gasteiger partial charge in [-0.25, -0.2) is 4.57 Å². The van der Waals surface area contributed by atoms with E-state index in [0.717, 1.165) is 38.5 Å². The zero-order chi connectivity index (χ0) is 40.0. The summed E-state index contributed by atoms with van der Waals surface area (Å²) in [6.45, 7) is 4.71. The Morgan fingerprint density at radius 1 is 0.611 bits per heavy atom. The normalized spacial score (nSPS) is 14.9. The highest BCUT2D eigenvalue weighted by molar-refractivity contribution is 7.47. The van der Waals surface area contributed by atoms with Crippen molar-refractivity contribution in [2.24, 2.45) is 0 Å². The fourth-order valence-corrected chi connectivity index (χ4v) is 6.69. The summed E-state index contributed by atoms with van der Waals surface area (Å²) >= 11 is 0. The lowest BCUT2D eigenvalue weighted by molar-refractivity contribution is -0.870. The lowest BCUT2D eigenvalue weighted by atomic mass is 10.0. The molecule has 0 saturated carbocycles. The highest BCUT2D eigenvalue weighted by Gasteiger charge is 2.27. The second-order valence-corrected chi connectivity index (χ2v) is 17.5. The van der Waals surface area contributed by atoms with Gasteiger partial charge < -0.3 is 19.8 Å². The highest BCUT2D eigenvalue weighted by Crippen LogP contribution is 2.43. The number of carbonyl (C=O) groups is 1. The minimum absolute atomic E-state index is 0.0478. The van der Waals surface area contributed by atoms with Crippen LogP contribution >= 0.6 is 7.82 Å². The smallest absolute Gasteiger partial charge is 0.387 e. The van der Waals surface area contributed by atoms with Crippen molar-refractivity contribution < 1.29 is 32.9 Å². The van der Waals surface area contributed by atoms with Gasteiger partial charge in [-0.1, -0.05) is 159 Å². The monoisotopic (exact) mass is 782 g/mol. The van der Waals surface area contributed by atoms with Crippen molar-refractivity contribution in [3.05, 3.63) is 48.6 Å². The van der Waals surface area contributed by atoms with E-state index in [9.17, 15) is 19.4 Å². The van der Waals surface area contributed by atoms with Crippen LogP contribution in [0, 0.1) is 0 Å². The van der Waals surface area contributed by atoms with Crippen LogP contribution in [0.25, 0.3) is 0 Å². The molecule has 0 radical (unpaired) electrons. The molecule has 0 aromatic heterocycles. The van der Waals surface area contributed by atoms with Gasteiger partial charge >= 0.3 is 7.82 Å². The average molecular weight is 782 g/mol. The topological polar surface area (TPSA) is 105 Å². The largest absolute Gasteiger partial charge is 0.472 e. The summed E-state index contributed by atoms with van der Waals surface area (Å²) in [6.07, 6.45) is 46.4. The van der Waals surface area contributed by atoms with E-state index >= 15 is 0 Å². The van der Waals surface area contributed by atoms with Crippen molar-refractivity contribution in [2.45, 2.75) is 193 Å². The van der Waals surface area contributed by atoms with Crippen LogP contribution in [0.5, 0.6) is 0 Å². The van der Waals surface area contributed by atoms with E-state index in [1.54, 1.807) is 6.08 Å². The van der Waals surface area contributed by atoms with Gasteiger partial charge in [0.2, 0.25) is 5.91 Å². The van der Waals surface area contributed by atoms with Gasteiger partial charge in [0.15, 0.2) is 0 Å². The number of phosphoric ester groups is 1. The third-order valence-corrected chi connectivity index (χ3v) is 10.5. The van der Waals surface area contributed by atoms with E-state index in [4.69, 9.17) is 9.05 Å². The molecule has 316 valence electrons. The number of hydrogen-bond donors (Lipinski definition) is 3. The van der Waals surface area contributed by atoms with E-state index < -0.39 is 20.0 Å². The lowest BCUT2D eigenvalue weighted by Crippen LogP contribution is -2.45. The minimum Gasteiger partial charge on any atom is -0.387 e. The molecule has 3 unspecified atom stereocenters. The number of allylic oxidation sites excluding steroid dienone is 7. The zero-order valence-electron chi connectivity index (χ0n) is 35.7. The molecular weight excluding hydrogens is 695 g/mol. The van der Waals surface area contributed by atoms with Crippen molar-refractivity contribution in [2.75, 3.05) is 40.9 Å². The van der Waals surface area contributed by atoms with Crippen LogP contribution < -0.4 is 5.32 Å². The molecule has 0 bridgehead atoms. The first kappa shape index (κ1) is 52.5. The number of amides is 1. The van der Waals surface area contributed by atoms with Crippen molar-refractivity contribution in [1.82, 2.24) is 5.32 Å². The van der Waals surface area contributed by atoms with Crippen LogP contribution in [0.1, 0.15) is 181 Å². The van der Waals surface area contributed by atoms with E-state index in [2.05, 4.69) is 55.6 Å². The first-order valence-corrected chi connectivity index (χ1v) is 23.5. The molecule has 0 aliphatic heterocycles. The van der Waals surface area contributed by atoms with Gasteiger partial charge in [0.05, 0.1) is 39.9 Å². The van der Waals surface area contributed by atoms with E-state index in [-0.39, 0.29) is 19.1 Å². The lowest BCUT2D eigenvalue weighted by Gasteiger charge is -2.25. The molecule has 0 fully saturated rings. The third kappa shape index (κ3) is 38.7. The van der Waals surface area contributed by atoms with Gasteiger partial charge in [0, 0.05) is 6.42 Å². The average Bonchev–Trinajstić information content (AvgIpc) is 3.12. The van der Waals surface area contributed by atoms with Gasteiger partial charge in [0.1, 0.15) is 13.2 Å². The Bertz CT molecular complexity index is 1020. The summed E-state index contributed by atoms with van der Waals surface area (Å²) in [5.41, 5.74) is 0. The number of phosphoric acid groups is 1. The molecular formula is C45H86N2O6P+. The van der Waals surface area contributed by atoms with E-state index in [0.29, 0.717) is 23.9 Å². The Morgan fingerprint density at radius 2 is 1.02 bits per heavy atom. The number of likely N-dealkylation sites (N-methyl/N-ethyl adjacent to an activating group) is 1. The maximum atomic E-state index is 12.7. The van der Waals surface area contributed by atoms with E-state index in [1.807, 2.05) is 27.2 Å². The SMILES string of the molecule is CCCCCC/C=C\CCCC(=O)NC(COP(=O)(O)OCC[N+](C)(C)C)C(O)/C=C/CC/C=C/CC/C=C/CCCCCCCCCCCCCCC. The molecule has 0 saturated heterocycles. The Hall–Kier alpha value is -1.54. The molecule has 0 aliphatic rings. The maximum absolute atomic E-state index is 12.7. The number of carbonyl (C=O) groups excluding carboxylic acids is 1. The molecule has 1 amide bonds. The number of aliphatic hydroxyl groups is 1.